The molecule has 0 heterocycles. The Bertz CT molecular complexity index is 886. The number of hydrogen-bond acceptors (Lipinski definition) is 5. The molecule has 2 rings (SSSR count). The highest BCUT2D eigenvalue weighted by Crippen LogP contribution is 2.25. The molecule has 28 heavy (non-hydrogen) atoms. The van der Waals surface area contributed by atoms with Crippen LogP contribution >= 0.6 is 23.4 Å². The standard InChI is InChI=1S/C20H21ClN2O4S/c1-12(2)22-18(24)11-28-17-7-5-4-6-14(17)19(25)23-13-8-9-16(21)15(10-13)20(26)27-3/h4-10,12H,11H2,1-3H3,(H,22,24)(H,23,25). The minimum atomic E-state index is -0.590. The van der Waals surface area contributed by atoms with E-state index in [0.717, 1.165) is 0 Å². The summed E-state index contributed by atoms with van der Waals surface area (Å²) in [5.41, 5.74) is 1.00. The van der Waals surface area contributed by atoms with Crippen LogP contribution in [0, 0.1) is 0 Å². The molecule has 0 saturated heterocycles. The number of benzene rings is 2. The molecule has 0 spiro atoms. The summed E-state index contributed by atoms with van der Waals surface area (Å²) in [6.45, 7) is 3.78. The molecule has 0 aliphatic heterocycles. The minimum Gasteiger partial charge on any atom is -0.465 e. The van der Waals surface area contributed by atoms with Crippen LogP contribution in [0.2, 0.25) is 5.02 Å². The number of ether oxygens (including phenoxy) is 1. The average molecular weight is 421 g/mol. The fourth-order valence-electron chi connectivity index (χ4n) is 2.35. The molecular formula is C20H21ClN2O4S. The van der Waals surface area contributed by atoms with Crippen LogP contribution in [0.1, 0.15) is 34.6 Å². The maximum absolute atomic E-state index is 12.7. The normalized spacial score (nSPS) is 10.5. The van der Waals surface area contributed by atoms with Gasteiger partial charge >= 0.3 is 5.97 Å². The van der Waals surface area contributed by atoms with Crippen LogP contribution in [0.15, 0.2) is 47.4 Å². The lowest BCUT2D eigenvalue weighted by Crippen LogP contribution is -2.31. The molecule has 8 heteroatoms. The number of hydrogen-bond donors (Lipinski definition) is 2. The Labute approximate surface area is 173 Å². The van der Waals surface area contributed by atoms with E-state index in [4.69, 9.17) is 11.6 Å². The molecule has 2 N–H and O–H groups in total. The first-order chi connectivity index (χ1) is 13.3. The lowest BCUT2D eigenvalue weighted by molar-refractivity contribution is -0.119. The van der Waals surface area contributed by atoms with Crippen molar-refractivity contribution in [2.45, 2.75) is 24.8 Å². The third-order valence-corrected chi connectivity index (χ3v) is 4.97. The topological polar surface area (TPSA) is 84.5 Å². The molecule has 0 fully saturated rings. The highest BCUT2D eigenvalue weighted by molar-refractivity contribution is 8.00. The van der Waals surface area contributed by atoms with E-state index >= 15 is 0 Å². The zero-order valence-electron chi connectivity index (χ0n) is 15.7. The van der Waals surface area contributed by atoms with Crippen molar-refractivity contribution in [2.75, 3.05) is 18.2 Å². The molecule has 0 bridgehead atoms. The highest BCUT2D eigenvalue weighted by atomic mass is 35.5. The summed E-state index contributed by atoms with van der Waals surface area (Å²) in [7, 11) is 1.26. The van der Waals surface area contributed by atoms with E-state index in [1.807, 2.05) is 13.8 Å². The van der Waals surface area contributed by atoms with Crippen LogP contribution in [0.25, 0.3) is 0 Å². The summed E-state index contributed by atoms with van der Waals surface area (Å²) in [5.74, 6) is -0.843. The van der Waals surface area contributed by atoms with Crippen molar-refractivity contribution in [3.8, 4) is 0 Å². The second kappa shape index (κ2) is 10.1. The van der Waals surface area contributed by atoms with E-state index < -0.39 is 5.97 Å². The summed E-state index contributed by atoms with van der Waals surface area (Å²) >= 11 is 7.28. The largest absolute Gasteiger partial charge is 0.465 e. The van der Waals surface area contributed by atoms with Crippen LogP contribution in [-0.2, 0) is 9.53 Å². The summed E-state index contributed by atoms with van der Waals surface area (Å²) in [4.78, 5) is 37.0. The van der Waals surface area contributed by atoms with Crippen molar-refractivity contribution >= 4 is 46.8 Å². The fourth-order valence-corrected chi connectivity index (χ4v) is 3.41. The Morgan fingerprint density at radius 1 is 1.11 bits per heavy atom. The molecule has 0 saturated carbocycles. The number of rotatable bonds is 7. The number of carbonyl (C=O) groups excluding carboxylic acids is 3. The van der Waals surface area contributed by atoms with Gasteiger partial charge in [0.1, 0.15) is 0 Å². The van der Waals surface area contributed by atoms with Gasteiger partial charge in [-0.3, -0.25) is 9.59 Å². The van der Waals surface area contributed by atoms with E-state index in [1.54, 1.807) is 30.3 Å². The number of thioether (sulfide) groups is 1. The van der Waals surface area contributed by atoms with Crippen molar-refractivity contribution < 1.29 is 19.1 Å². The Balaban J connectivity index is 2.15. The number of carbonyl (C=O) groups is 3. The maximum Gasteiger partial charge on any atom is 0.339 e. The quantitative estimate of drug-likeness (QED) is 0.522. The monoisotopic (exact) mass is 420 g/mol. The first-order valence-electron chi connectivity index (χ1n) is 8.52. The van der Waals surface area contributed by atoms with Gasteiger partial charge in [0.15, 0.2) is 0 Å². The minimum absolute atomic E-state index is 0.0561. The number of halogens is 1. The molecule has 6 nitrogen and oxygen atoms in total. The molecule has 0 aliphatic rings. The maximum atomic E-state index is 12.7. The van der Waals surface area contributed by atoms with Crippen molar-refractivity contribution in [2.24, 2.45) is 0 Å². The molecule has 2 aromatic carbocycles. The zero-order valence-corrected chi connectivity index (χ0v) is 17.3. The van der Waals surface area contributed by atoms with Crippen molar-refractivity contribution in [3.05, 3.63) is 58.6 Å². The summed E-state index contributed by atoms with van der Waals surface area (Å²) in [5, 5.41) is 5.79. The molecule has 0 radical (unpaired) electrons. The predicted octanol–water partition coefficient (Wildman–Crippen LogP) is 4.00. The first-order valence-corrected chi connectivity index (χ1v) is 9.88. The first kappa shape index (κ1) is 21.8. The number of amides is 2. The third kappa shape index (κ3) is 6.00. The van der Waals surface area contributed by atoms with Crippen LogP contribution in [-0.4, -0.2) is 36.7 Å². The SMILES string of the molecule is COC(=O)c1cc(NC(=O)c2ccccc2SCC(=O)NC(C)C)ccc1Cl. The van der Waals surface area contributed by atoms with Crippen LogP contribution in [0.3, 0.4) is 0 Å². The van der Waals surface area contributed by atoms with Gasteiger partial charge in [-0.05, 0) is 44.2 Å². The Morgan fingerprint density at radius 3 is 2.50 bits per heavy atom. The molecule has 0 atom stereocenters. The molecule has 0 unspecified atom stereocenters. The average Bonchev–Trinajstić information content (AvgIpc) is 2.67. The van der Waals surface area contributed by atoms with Crippen LogP contribution in [0.5, 0.6) is 0 Å². The Kier molecular flexibility index (Phi) is 7.90. The summed E-state index contributed by atoms with van der Waals surface area (Å²) in [6, 6.07) is 11.6. The molecule has 0 aliphatic carbocycles. The van der Waals surface area contributed by atoms with E-state index in [-0.39, 0.29) is 34.2 Å². The summed E-state index contributed by atoms with van der Waals surface area (Å²) < 4.78 is 4.69. The molecule has 2 aromatic rings. The third-order valence-electron chi connectivity index (χ3n) is 3.57. The number of nitrogens with one attached hydrogen (secondary N) is 2. The fraction of sp³-hybridized carbons (Fsp3) is 0.250. The zero-order chi connectivity index (χ0) is 20.7. The summed E-state index contributed by atoms with van der Waals surface area (Å²) in [6.07, 6.45) is 0. The van der Waals surface area contributed by atoms with E-state index in [1.165, 1.54) is 31.0 Å². The van der Waals surface area contributed by atoms with Gasteiger partial charge in [-0.15, -0.1) is 11.8 Å². The molecule has 2 amide bonds. The molecular weight excluding hydrogens is 400 g/mol. The van der Waals surface area contributed by atoms with Gasteiger partial charge in [-0.25, -0.2) is 4.79 Å². The lowest BCUT2D eigenvalue weighted by Gasteiger charge is -2.12. The van der Waals surface area contributed by atoms with E-state index in [0.29, 0.717) is 16.1 Å². The van der Waals surface area contributed by atoms with Gasteiger partial charge < -0.3 is 15.4 Å². The van der Waals surface area contributed by atoms with Gasteiger partial charge in [-0.1, -0.05) is 23.7 Å². The van der Waals surface area contributed by atoms with Gasteiger partial charge in [0, 0.05) is 16.6 Å². The second-order valence-electron chi connectivity index (χ2n) is 6.15. The van der Waals surface area contributed by atoms with E-state index in [2.05, 4.69) is 15.4 Å². The van der Waals surface area contributed by atoms with Gasteiger partial charge in [0.2, 0.25) is 5.91 Å². The molecule has 0 aromatic heterocycles. The van der Waals surface area contributed by atoms with Gasteiger partial charge in [0.05, 0.1) is 29.0 Å². The van der Waals surface area contributed by atoms with Crippen molar-refractivity contribution in [1.82, 2.24) is 5.32 Å². The Morgan fingerprint density at radius 2 is 1.82 bits per heavy atom. The van der Waals surface area contributed by atoms with Gasteiger partial charge in [0.25, 0.3) is 5.91 Å². The number of esters is 1. The second-order valence-corrected chi connectivity index (χ2v) is 7.57. The van der Waals surface area contributed by atoms with Crippen molar-refractivity contribution in [3.63, 3.8) is 0 Å². The number of methoxy groups -OCH3 is 1. The Hall–Kier alpha value is -2.51. The predicted molar refractivity (Wildman–Crippen MR) is 111 cm³/mol. The van der Waals surface area contributed by atoms with Gasteiger partial charge in [-0.2, -0.15) is 0 Å². The van der Waals surface area contributed by atoms with E-state index in [9.17, 15) is 14.4 Å². The molecule has 148 valence electrons. The lowest BCUT2D eigenvalue weighted by atomic mass is 10.1. The van der Waals surface area contributed by atoms with Crippen molar-refractivity contribution in [1.29, 1.82) is 0 Å². The highest BCUT2D eigenvalue weighted by Gasteiger charge is 2.16. The smallest absolute Gasteiger partial charge is 0.339 e. The number of anilines is 1. The van der Waals surface area contributed by atoms with Crippen LogP contribution < -0.4 is 10.6 Å². The van der Waals surface area contributed by atoms with Crippen LogP contribution in [0.4, 0.5) is 5.69 Å².